The second-order valence-electron chi connectivity index (χ2n) is 2.70. The number of alkyl halides is 1. The van der Waals surface area contributed by atoms with Crippen molar-refractivity contribution in [1.29, 1.82) is 0 Å². The molecule has 66 valence electrons. The second-order valence-corrected chi connectivity index (χ2v) is 3.49. The monoisotopic (exact) mass is 228 g/mol. The summed E-state index contributed by atoms with van der Waals surface area (Å²) in [6, 6.07) is 0. The Morgan fingerprint density at radius 2 is 2.08 bits per heavy atom. The van der Waals surface area contributed by atoms with Crippen molar-refractivity contribution >= 4 is 15.9 Å². The van der Waals surface area contributed by atoms with Crippen LogP contribution in [-0.4, -0.2) is 15.3 Å². The van der Waals surface area contributed by atoms with Gasteiger partial charge >= 0.3 is 0 Å². The summed E-state index contributed by atoms with van der Waals surface area (Å²) in [5.74, 6) is 0. The van der Waals surface area contributed by atoms with E-state index in [4.69, 9.17) is 0 Å². The lowest BCUT2D eigenvalue weighted by Gasteiger charge is -1.97. The number of hydrogen-bond donors (Lipinski definition) is 0. The van der Waals surface area contributed by atoms with E-state index in [0.29, 0.717) is 0 Å². The Balaban J connectivity index is 2.16. The van der Waals surface area contributed by atoms with Gasteiger partial charge in [-0.15, -0.1) is 0 Å². The molecule has 0 atom stereocenters. The minimum absolute atomic E-state index is 1.06. The Morgan fingerprint density at radius 3 is 2.75 bits per heavy atom. The van der Waals surface area contributed by atoms with Crippen molar-refractivity contribution in [3.63, 3.8) is 0 Å². The molecule has 0 N–H and O–H groups in total. The van der Waals surface area contributed by atoms with Crippen molar-refractivity contribution in [1.82, 2.24) is 9.97 Å². The number of aryl methyl sites for hydroxylation is 1. The Labute approximate surface area is 81.6 Å². The molecule has 0 amide bonds. The van der Waals surface area contributed by atoms with E-state index in [-0.39, 0.29) is 0 Å². The van der Waals surface area contributed by atoms with Gasteiger partial charge in [-0.1, -0.05) is 22.4 Å². The molecule has 0 aliphatic carbocycles. The Hall–Kier alpha value is -0.440. The lowest BCUT2D eigenvalue weighted by Crippen LogP contribution is -1.90. The van der Waals surface area contributed by atoms with Crippen LogP contribution in [0, 0.1) is 0 Å². The van der Waals surface area contributed by atoms with E-state index in [9.17, 15) is 0 Å². The molecule has 2 nitrogen and oxygen atoms in total. The third kappa shape index (κ3) is 3.81. The third-order valence-electron chi connectivity index (χ3n) is 1.68. The third-order valence-corrected chi connectivity index (χ3v) is 2.24. The van der Waals surface area contributed by atoms with Crippen molar-refractivity contribution in [2.75, 3.05) is 5.33 Å². The van der Waals surface area contributed by atoms with Crippen LogP contribution in [0.5, 0.6) is 0 Å². The van der Waals surface area contributed by atoms with Crippen molar-refractivity contribution in [2.24, 2.45) is 0 Å². The lowest BCUT2D eigenvalue weighted by molar-refractivity contribution is 0.711. The largest absolute Gasteiger partial charge is 0.261 e. The van der Waals surface area contributed by atoms with E-state index in [1.807, 2.05) is 6.20 Å². The average molecular weight is 229 g/mol. The molecule has 1 rings (SSSR count). The summed E-state index contributed by atoms with van der Waals surface area (Å²) in [7, 11) is 0. The molecule has 0 saturated carbocycles. The molecule has 0 unspecified atom stereocenters. The van der Waals surface area contributed by atoms with Gasteiger partial charge in [0.05, 0.1) is 5.69 Å². The molecule has 0 fully saturated rings. The first-order valence-electron chi connectivity index (χ1n) is 4.24. The highest BCUT2D eigenvalue weighted by Gasteiger charge is 1.92. The van der Waals surface area contributed by atoms with E-state index < -0.39 is 0 Å². The number of nitrogens with zero attached hydrogens (tertiary/aromatic N) is 2. The zero-order chi connectivity index (χ0) is 8.65. The molecule has 1 heterocycles. The zero-order valence-corrected chi connectivity index (χ0v) is 8.63. The maximum Gasteiger partial charge on any atom is 0.0586 e. The van der Waals surface area contributed by atoms with Gasteiger partial charge in [0.1, 0.15) is 0 Å². The molecule has 0 aromatic carbocycles. The average Bonchev–Trinajstić information content (AvgIpc) is 2.14. The zero-order valence-electron chi connectivity index (χ0n) is 7.04. The minimum Gasteiger partial charge on any atom is -0.261 e. The fraction of sp³-hybridized carbons (Fsp3) is 0.556. The molecule has 3 heteroatoms. The molecule has 0 bridgehead atoms. The molecule has 1 aromatic heterocycles. The fourth-order valence-electron chi connectivity index (χ4n) is 1.04. The van der Waals surface area contributed by atoms with Crippen LogP contribution in [0.15, 0.2) is 18.6 Å². The molecule has 0 saturated heterocycles. The first-order chi connectivity index (χ1) is 5.93. The first-order valence-corrected chi connectivity index (χ1v) is 5.36. The molecule has 12 heavy (non-hydrogen) atoms. The van der Waals surface area contributed by atoms with Crippen molar-refractivity contribution in [3.05, 3.63) is 24.3 Å². The van der Waals surface area contributed by atoms with Gasteiger partial charge < -0.3 is 0 Å². The number of hydrogen-bond acceptors (Lipinski definition) is 2. The van der Waals surface area contributed by atoms with Crippen LogP contribution in [0.3, 0.4) is 0 Å². The van der Waals surface area contributed by atoms with Gasteiger partial charge in [-0.3, -0.25) is 9.97 Å². The lowest BCUT2D eigenvalue weighted by atomic mass is 10.2. The number of rotatable bonds is 5. The molecular weight excluding hydrogens is 216 g/mol. The summed E-state index contributed by atoms with van der Waals surface area (Å²) >= 11 is 3.41. The van der Waals surface area contributed by atoms with Gasteiger partial charge in [-0.2, -0.15) is 0 Å². The van der Waals surface area contributed by atoms with Crippen LogP contribution in [0.1, 0.15) is 25.0 Å². The smallest absolute Gasteiger partial charge is 0.0586 e. The van der Waals surface area contributed by atoms with Gasteiger partial charge in [-0.25, -0.2) is 0 Å². The Morgan fingerprint density at radius 1 is 1.17 bits per heavy atom. The van der Waals surface area contributed by atoms with Gasteiger partial charge in [0.15, 0.2) is 0 Å². The molecule has 0 aliphatic rings. The fourth-order valence-corrected chi connectivity index (χ4v) is 1.43. The molecule has 1 aromatic rings. The number of halogens is 1. The standard InChI is InChI=1S/C9H13BrN2/c10-5-3-1-2-4-9-8-11-6-7-12-9/h6-8H,1-5H2. The van der Waals surface area contributed by atoms with E-state index >= 15 is 0 Å². The SMILES string of the molecule is BrCCCCCc1cnccn1. The van der Waals surface area contributed by atoms with E-state index in [1.54, 1.807) is 12.4 Å². The maximum absolute atomic E-state index is 4.20. The van der Waals surface area contributed by atoms with E-state index in [2.05, 4.69) is 25.9 Å². The summed E-state index contributed by atoms with van der Waals surface area (Å²) < 4.78 is 0. The topological polar surface area (TPSA) is 25.8 Å². The highest BCUT2D eigenvalue weighted by molar-refractivity contribution is 9.09. The molecule has 0 aliphatic heterocycles. The summed E-state index contributed by atoms with van der Waals surface area (Å²) in [6.07, 6.45) is 10.1. The summed E-state index contributed by atoms with van der Waals surface area (Å²) in [5.41, 5.74) is 1.10. The van der Waals surface area contributed by atoms with Gasteiger partial charge in [0.25, 0.3) is 0 Å². The van der Waals surface area contributed by atoms with Crippen molar-refractivity contribution in [2.45, 2.75) is 25.7 Å². The first kappa shape index (κ1) is 9.65. The van der Waals surface area contributed by atoms with Crippen LogP contribution >= 0.6 is 15.9 Å². The van der Waals surface area contributed by atoms with Gasteiger partial charge in [0, 0.05) is 23.9 Å². The Bertz CT molecular complexity index is 201. The van der Waals surface area contributed by atoms with E-state index in [0.717, 1.165) is 17.4 Å². The summed E-state index contributed by atoms with van der Waals surface area (Å²) in [5, 5.41) is 1.10. The van der Waals surface area contributed by atoms with Crippen LogP contribution in [0.25, 0.3) is 0 Å². The molecular formula is C9H13BrN2. The maximum atomic E-state index is 4.20. The highest BCUT2D eigenvalue weighted by Crippen LogP contribution is 2.03. The quantitative estimate of drug-likeness (QED) is 0.572. The number of aromatic nitrogens is 2. The predicted octanol–water partition coefficient (Wildman–Crippen LogP) is 2.58. The van der Waals surface area contributed by atoms with Crippen molar-refractivity contribution < 1.29 is 0 Å². The van der Waals surface area contributed by atoms with Crippen LogP contribution in [0.4, 0.5) is 0 Å². The summed E-state index contributed by atoms with van der Waals surface area (Å²) in [4.78, 5) is 8.21. The Kier molecular flexibility index (Phi) is 4.92. The van der Waals surface area contributed by atoms with Crippen LogP contribution < -0.4 is 0 Å². The molecule has 0 spiro atoms. The normalized spacial score (nSPS) is 10.1. The summed E-state index contributed by atoms with van der Waals surface area (Å²) in [6.45, 7) is 0. The molecule has 0 radical (unpaired) electrons. The predicted molar refractivity (Wildman–Crippen MR) is 53.4 cm³/mol. The second kappa shape index (κ2) is 6.12. The van der Waals surface area contributed by atoms with Crippen molar-refractivity contribution in [3.8, 4) is 0 Å². The van der Waals surface area contributed by atoms with E-state index in [1.165, 1.54) is 19.3 Å². The highest BCUT2D eigenvalue weighted by atomic mass is 79.9. The van der Waals surface area contributed by atoms with Gasteiger partial charge in [0.2, 0.25) is 0 Å². The minimum atomic E-state index is 1.06. The number of unbranched alkanes of at least 4 members (excludes halogenated alkanes) is 2. The van der Waals surface area contributed by atoms with Gasteiger partial charge in [-0.05, 0) is 19.3 Å². The van der Waals surface area contributed by atoms with Crippen LogP contribution in [-0.2, 0) is 6.42 Å². The van der Waals surface area contributed by atoms with Crippen LogP contribution in [0.2, 0.25) is 0 Å².